The number of carbonyl (C=O) groups is 1. The van der Waals surface area contributed by atoms with Crippen LogP contribution in [0.4, 0.5) is 0 Å². The van der Waals surface area contributed by atoms with Crippen molar-refractivity contribution in [3.8, 4) is 0 Å². The van der Waals surface area contributed by atoms with Gasteiger partial charge in [0.15, 0.2) is 16.6 Å². The number of hydrogen-bond donors (Lipinski definition) is 0. The van der Waals surface area contributed by atoms with Crippen molar-refractivity contribution in [2.45, 2.75) is 122 Å². The molecule has 2 rings (SSSR count). The van der Waals surface area contributed by atoms with Crippen LogP contribution >= 0.6 is 0 Å². The third-order valence-corrected chi connectivity index (χ3v) is 17.4. The molecule has 0 saturated heterocycles. The molecule has 2 saturated carbocycles. The van der Waals surface area contributed by atoms with Crippen molar-refractivity contribution in [2.24, 2.45) is 11.8 Å². The van der Waals surface area contributed by atoms with Crippen LogP contribution in [0.1, 0.15) is 73.6 Å². The van der Waals surface area contributed by atoms with E-state index in [1.54, 1.807) is 0 Å². The molecule has 0 radical (unpaired) electrons. The molecular formula is C22H44O3Si2. The second kappa shape index (κ2) is 10.2. The molecule has 0 spiro atoms. The first-order valence-corrected chi connectivity index (χ1v) is 16.8. The van der Waals surface area contributed by atoms with Crippen LogP contribution in [0, 0.1) is 11.8 Å². The Morgan fingerprint density at radius 3 is 1.89 bits per heavy atom. The predicted molar refractivity (Wildman–Crippen MR) is 119 cm³/mol. The number of Topliss-reactive ketones (excluding diaryl/α,β-unsaturated/α-hetero) is 1. The van der Waals surface area contributed by atoms with E-state index in [2.05, 4.69) is 41.5 Å². The molecule has 0 aliphatic heterocycles. The topological polar surface area (TPSA) is 35.5 Å². The van der Waals surface area contributed by atoms with Crippen LogP contribution in [0.15, 0.2) is 0 Å². The van der Waals surface area contributed by atoms with E-state index in [9.17, 15) is 4.79 Å². The molecule has 0 heterocycles. The monoisotopic (exact) mass is 412 g/mol. The van der Waals surface area contributed by atoms with Gasteiger partial charge >= 0.3 is 0 Å². The van der Waals surface area contributed by atoms with Crippen molar-refractivity contribution in [3.63, 3.8) is 0 Å². The Morgan fingerprint density at radius 1 is 0.852 bits per heavy atom. The molecule has 3 nitrogen and oxygen atoms in total. The summed E-state index contributed by atoms with van der Waals surface area (Å²) in [5, 5.41) is 0. The van der Waals surface area contributed by atoms with Crippen LogP contribution in [0.25, 0.3) is 0 Å². The molecule has 5 heteroatoms. The van der Waals surface area contributed by atoms with Gasteiger partial charge in [-0.15, -0.1) is 0 Å². The van der Waals surface area contributed by atoms with Gasteiger partial charge in [-0.1, -0.05) is 41.5 Å². The van der Waals surface area contributed by atoms with E-state index in [1.165, 1.54) is 36.3 Å². The Bertz CT molecular complexity index is 458. The van der Waals surface area contributed by atoms with Crippen molar-refractivity contribution in [1.29, 1.82) is 0 Å². The van der Waals surface area contributed by atoms with Gasteiger partial charge < -0.3 is 8.85 Å². The minimum absolute atomic E-state index is 0.231. The van der Waals surface area contributed by atoms with Crippen LogP contribution in [-0.2, 0) is 13.6 Å². The van der Waals surface area contributed by atoms with Gasteiger partial charge in [0.1, 0.15) is 5.78 Å². The fourth-order valence-electron chi connectivity index (χ4n) is 5.60. The summed E-state index contributed by atoms with van der Waals surface area (Å²) in [4.78, 5) is 12.3. The fourth-order valence-corrected chi connectivity index (χ4v) is 11.4. The Labute approximate surface area is 170 Å². The van der Waals surface area contributed by atoms with Crippen molar-refractivity contribution < 1.29 is 13.6 Å². The summed E-state index contributed by atoms with van der Waals surface area (Å²) in [7, 11) is -3.36. The molecule has 27 heavy (non-hydrogen) atoms. The normalized spacial score (nSPS) is 29.6. The van der Waals surface area contributed by atoms with E-state index in [1.807, 2.05) is 0 Å². The average molecular weight is 413 g/mol. The third-order valence-electron chi connectivity index (χ3n) is 8.07. The SMILES string of the molecule is CC[Si](CC)(CC)O[C@H]1[C@@H]2CCCC(=O)C[C@@H]2C[C@H]1O[Si](CC)(CC)CC. The molecular weight excluding hydrogens is 368 g/mol. The summed E-state index contributed by atoms with van der Waals surface area (Å²) in [6.45, 7) is 13.9. The average Bonchev–Trinajstić information content (AvgIpc) is 2.87. The molecule has 2 fully saturated rings. The predicted octanol–water partition coefficient (Wildman–Crippen LogP) is 6.55. The lowest BCUT2D eigenvalue weighted by Crippen LogP contribution is -2.49. The van der Waals surface area contributed by atoms with Crippen LogP contribution in [0.5, 0.6) is 0 Å². The molecule has 158 valence electrons. The van der Waals surface area contributed by atoms with Gasteiger partial charge in [0.25, 0.3) is 0 Å². The molecule has 0 aromatic carbocycles. The highest BCUT2D eigenvalue weighted by Gasteiger charge is 2.50. The van der Waals surface area contributed by atoms with Gasteiger partial charge in [0.2, 0.25) is 0 Å². The lowest BCUT2D eigenvalue weighted by Gasteiger charge is -2.40. The minimum atomic E-state index is -1.69. The van der Waals surface area contributed by atoms with E-state index in [0.29, 0.717) is 17.6 Å². The quantitative estimate of drug-likeness (QED) is 0.382. The van der Waals surface area contributed by atoms with Crippen LogP contribution in [0.2, 0.25) is 36.3 Å². The highest BCUT2D eigenvalue weighted by molar-refractivity contribution is 6.74. The molecule has 0 aromatic rings. The Hall–Kier alpha value is 0.0238. The van der Waals surface area contributed by atoms with Crippen LogP contribution < -0.4 is 0 Å². The van der Waals surface area contributed by atoms with Gasteiger partial charge in [0, 0.05) is 12.8 Å². The highest BCUT2D eigenvalue weighted by Crippen LogP contribution is 2.46. The molecule has 0 unspecified atom stereocenters. The zero-order chi connectivity index (χ0) is 20.1. The Morgan fingerprint density at radius 2 is 1.37 bits per heavy atom. The number of hydrogen-bond acceptors (Lipinski definition) is 3. The number of ketones is 1. The standard InChI is InChI=1S/C22H44O3Si2/c1-7-26(8-2,9-3)24-21-17-18-16-19(23)14-13-15-20(18)22(21)25-27(10-4,11-5)12-6/h18,20-22H,7-17H2,1-6H3/t18-,20-,21-,22+/m1/s1. The first kappa shape index (κ1) is 23.3. The smallest absolute Gasteiger partial charge is 0.192 e. The van der Waals surface area contributed by atoms with E-state index in [-0.39, 0.29) is 12.2 Å². The molecule has 2 aliphatic carbocycles. The summed E-state index contributed by atoms with van der Waals surface area (Å²) in [5.74, 6) is 1.50. The summed E-state index contributed by atoms with van der Waals surface area (Å²) < 4.78 is 14.2. The Kier molecular flexibility index (Phi) is 8.78. The molecule has 0 amide bonds. The molecule has 0 N–H and O–H groups in total. The van der Waals surface area contributed by atoms with E-state index in [4.69, 9.17) is 8.85 Å². The Balaban J connectivity index is 2.30. The zero-order valence-electron chi connectivity index (χ0n) is 18.8. The summed E-state index contributed by atoms with van der Waals surface area (Å²) in [5.41, 5.74) is 0. The molecule has 0 bridgehead atoms. The molecule has 4 atom stereocenters. The maximum atomic E-state index is 12.3. The minimum Gasteiger partial charge on any atom is -0.411 e. The van der Waals surface area contributed by atoms with Crippen LogP contribution in [-0.4, -0.2) is 34.6 Å². The maximum absolute atomic E-state index is 12.3. The van der Waals surface area contributed by atoms with Crippen LogP contribution in [0.3, 0.4) is 0 Å². The lowest BCUT2D eigenvalue weighted by atomic mass is 9.90. The maximum Gasteiger partial charge on any atom is 0.192 e. The number of rotatable bonds is 10. The second-order valence-corrected chi connectivity index (χ2v) is 18.5. The van der Waals surface area contributed by atoms with Crippen molar-refractivity contribution in [1.82, 2.24) is 0 Å². The third kappa shape index (κ3) is 5.15. The van der Waals surface area contributed by atoms with E-state index in [0.717, 1.165) is 32.1 Å². The largest absolute Gasteiger partial charge is 0.411 e. The van der Waals surface area contributed by atoms with Crippen molar-refractivity contribution >= 4 is 22.4 Å². The van der Waals surface area contributed by atoms with E-state index < -0.39 is 16.6 Å². The van der Waals surface area contributed by atoms with Gasteiger partial charge in [-0.3, -0.25) is 4.79 Å². The fraction of sp³-hybridized carbons (Fsp3) is 0.955. The second-order valence-electron chi connectivity index (χ2n) is 9.02. The summed E-state index contributed by atoms with van der Waals surface area (Å²) in [6, 6.07) is 7.15. The first-order chi connectivity index (χ1) is 12.9. The summed E-state index contributed by atoms with van der Waals surface area (Å²) >= 11 is 0. The van der Waals surface area contributed by atoms with E-state index >= 15 is 0 Å². The van der Waals surface area contributed by atoms with Gasteiger partial charge in [0.05, 0.1) is 12.2 Å². The van der Waals surface area contributed by atoms with Crippen molar-refractivity contribution in [2.75, 3.05) is 0 Å². The lowest BCUT2D eigenvalue weighted by molar-refractivity contribution is -0.119. The number of carbonyl (C=O) groups excluding carboxylic acids is 1. The zero-order valence-corrected chi connectivity index (χ0v) is 20.8. The van der Waals surface area contributed by atoms with Gasteiger partial charge in [-0.25, -0.2) is 0 Å². The first-order valence-electron chi connectivity index (χ1n) is 11.8. The molecule has 2 aliphatic rings. The van der Waals surface area contributed by atoms with Crippen molar-refractivity contribution in [3.05, 3.63) is 0 Å². The van der Waals surface area contributed by atoms with Gasteiger partial charge in [-0.2, -0.15) is 0 Å². The van der Waals surface area contributed by atoms with Gasteiger partial charge in [-0.05, 0) is 67.4 Å². The molecule has 0 aromatic heterocycles. The summed E-state index contributed by atoms with van der Waals surface area (Å²) in [6.07, 6.45) is 5.27. The number of fused-ring (bicyclic) bond motifs is 1. The highest BCUT2D eigenvalue weighted by atomic mass is 28.4.